The molecule has 0 saturated carbocycles. The van der Waals surface area contributed by atoms with Gasteiger partial charge in [0.25, 0.3) is 11.8 Å². The molecule has 2 amide bonds. The van der Waals surface area contributed by atoms with Crippen molar-refractivity contribution in [2.24, 2.45) is 0 Å². The fourth-order valence-corrected chi connectivity index (χ4v) is 5.56. The van der Waals surface area contributed by atoms with Gasteiger partial charge in [-0.15, -0.1) is 11.8 Å². The summed E-state index contributed by atoms with van der Waals surface area (Å²) >= 11 is 1.83. The van der Waals surface area contributed by atoms with E-state index in [1.54, 1.807) is 31.4 Å². The molecule has 4 rings (SSSR count). The van der Waals surface area contributed by atoms with Crippen molar-refractivity contribution in [1.82, 2.24) is 9.80 Å². The maximum atomic E-state index is 12.9. The maximum absolute atomic E-state index is 12.9. The topological polar surface area (TPSA) is 59.1 Å². The number of carbonyl (C=O) groups is 2. The Balaban J connectivity index is 1.36. The molecule has 0 N–H and O–H groups in total. The van der Waals surface area contributed by atoms with Crippen LogP contribution < -0.4 is 9.47 Å². The van der Waals surface area contributed by atoms with Crippen molar-refractivity contribution in [3.63, 3.8) is 0 Å². The van der Waals surface area contributed by atoms with Gasteiger partial charge in [0.2, 0.25) is 0 Å². The summed E-state index contributed by atoms with van der Waals surface area (Å²) in [5.74, 6) is 2.40. The molecular weight excluding hydrogens is 400 g/mol. The largest absolute Gasteiger partial charge is 0.497 e. The lowest BCUT2D eigenvalue weighted by Gasteiger charge is -2.44. The van der Waals surface area contributed by atoms with Crippen molar-refractivity contribution in [1.29, 1.82) is 0 Å². The van der Waals surface area contributed by atoms with Crippen LogP contribution in [0.5, 0.6) is 11.5 Å². The van der Waals surface area contributed by atoms with Gasteiger partial charge in [0.05, 0.1) is 12.0 Å². The third kappa shape index (κ3) is 4.26. The monoisotopic (exact) mass is 426 g/mol. The van der Waals surface area contributed by atoms with Crippen molar-refractivity contribution in [3.05, 3.63) is 60.2 Å². The Morgan fingerprint density at radius 2 is 1.67 bits per heavy atom. The first-order chi connectivity index (χ1) is 14.6. The molecular formula is C23H26N2O4S. The molecule has 6 nitrogen and oxygen atoms in total. The quantitative estimate of drug-likeness (QED) is 0.734. The minimum absolute atomic E-state index is 0.0128. The minimum atomic E-state index is -0.228. The number of carbonyl (C=O) groups excluding carboxylic acids is 2. The van der Waals surface area contributed by atoms with Crippen LogP contribution in [0.1, 0.15) is 23.2 Å². The normalized spacial score (nSPS) is 17.8. The van der Waals surface area contributed by atoms with Crippen molar-refractivity contribution in [3.8, 4) is 11.5 Å². The van der Waals surface area contributed by atoms with Crippen LogP contribution in [0.25, 0.3) is 0 Å². The third-order valence-electron chi connectivity index (χ3n) is 5.75. The number of ether oxygens (including phenoxy) is 2. The Morgan fingerprint density at radius 3 is 2.33 bits per heavy atom. The molecule has 2 fully saturated rings. The van der Waals surface area contributed by atoms with Crippen LogP contribution in [0, 0.1) is 0 Å². The third-order valence-corrected chi connectivity index (χ3v) is 7.31. The van der Waals surface area contributed by atoms with Crippen LogP contribution in [0.3, 0.4) is 0 Å². The highest BCUT2D eigenvalue weighted by Gasteiger charge is 2.46. The van der Waals surface area contributed by atoms with Crippen molar-refractivity contribution >= 4 is 23.6 Å². The number of hydrogen-bond donors (Lipinski definition) is 0. The first kappa shape index (κ1) is 20.6. The van der Waals surface area contributed by atoms with Crippen LogP contribution in [-0.2, 0) is 4.79 Å². The molecule has 30 heavy (non-hydrogen) atoms. The highest BCUT2D eigenvalue weighted by molar-refractivity contribution is 8.00. The van der Waals surface area contributed by atoms with Crippen molar-refractivity contribution in [2.75, 3.05) is 39.1 Å². The number of piperidine rings is 1. The molecule has 0 aliphatic carbocycles. The highest BCUT2D eigenvalue weighted by Crippen LogP contribution is 2.44. The van der Waals surface area contributed by atoms with Gasteiger partial charge in [-0.1, -0.05) is 18.2 Å². The van der Waals surface area contributed by atoms with Crippen LogP contribution in [0.15, 0.2) is 54.6 Å². The van der Waals surface area contributed by atoms with Crippen LogP contribution in [-0.4, -0.2) is 65.6 Å². The van der Waals surface area contributed by atoms with E-state index in [1.165, 1.54) is 0 Å². The molecule has 2 saturated heterocycles. The summed E-state index contributed by atoms with van der Waals surface area (Å²) in [6.07, 6.45) is 1.55. The Morgan fingerprint density at radius 1 is 0.967 bits per heavy atom. The Labute approximate surface area is 181 Å². The lowest BCUT2D eigenvalue weighted by molar-refractivity contribution is -0.136. The first-order valence-corrected chi connectivity index (χ1v) is 11.2. The lowest BCUT2D eigenvalue weighted by Crippen LogP contribution is -2.54. The summed E-state index contributed by atoms with van der Waals surface area (Å²) in [5, 5.41) is 0. The van der Waals surface area contributed by atoms with E-state index in [-0.39, 0.29) is 23.3 Å². The van der Waals surface area contributed by atoms with Crippen molar-refractivity contribution < 1.29 is 19.1 Å². The average molecular weight is 427 g/mol. The number of methoxy groups -OCH3 is 1. The number of likely N-dealkylation sites (tertiary alicyclic amines) is 1. The fraction of sp³-hybridized carbons (Fsp3) is 0.391. The van der Waals surface area contributed by atoms with E-state index in [0.717, 1.165) is 30.9 Å². The lowest BCUT2D eigenvalue weighted by atomic mass is 10.0. The molecule has 0 unspecified atom stereocenters. The number of benzene rings is 2. The van der Waals surface area contributed by atoms with E-state index >= 15 is 0 Å². The Hall–Kier alpha value is -2.67. The molecule has 0 atom stereocenters. The molecule has 0 bridgehead atoms. The number of thioether (sulfide) groups is 1. The van der Waals surface area contributed by atoms with Gasteiger partial charge in [0.15, 0.2) is 6.61 Å². The van der Waals surface area contributed by atoms with Gasteiger partial charge in [0.1, 0.15) is 11.5 Å². The van der Waals surface area contributed by atoms with E-state index in [2.05, 4.69) is 0 Å². The second-order valence-corrected chi connectivity index (χ2v) is 8.92. The SMILES string of the molecule is COc1ccc(C(=O)N2CCC3(CC2)SCCN3C(=O)COc2ccccc2)cc1. The molecule has 158 valence electrons. The molecule has 2 aromatic carbocycles. The zero-order valence-corrected chi connectivity index (χ0v) is 17.9. The molecule has 2 heterocycles. The highest BCUT2D eigenvalue weighted by atomic mass is 32.2. The zero-order valence-electron chi connectivity index (χ0n) is 17.1. The van der Waals surface area contributed by atoms with E-state index in [1.807, 2.05) is 51.9 Å². The van der Waals surface area contributed by atoms with Crippen LogP contribution in [0.4, 0.5) is 0 Å². The summed E-state index contributed by atoms with van der Waals surface area (Å²) in [6, 6.07) is 16.6. The van der Waals surface area contributed by atoms with Crippen molar-refractivity contribution in [2.45, 2.75) is 17.7 Å². The predicted octanol–water partition coefficient (Wildman–Crippen LogP) is 3.28. The maximum Gasteiger partial charge on any atom is 0.261 e. The van der Waals surface area contributed by atoms with E-state index < -0.39 is 0 Å². The van der Waals surface area contributed by atoms with Crippen LogP contribution >= 0.6 is 11.8 Å². The van der Waals surface area contributed by atoms with Gasteiger partial charge >= 0.3 is 0 Å². The number of hydrogen-bond acceptors (Lipinski definition) is 5. The summed E-state index contributed by atoms with van der Waals surface area (Å²) in [4.78, 5) is 29.4. The van der Waals surface area contributed by atoms with E-state index in [9.17, 15) is 9.59 Å². The number of amides is 2. The van der Waals surface area contributed by atoms with Gasteiger partial charge in [-0.3, -0.25) is 9.59 Å². The zero-order chi connectivity index (χ0) is 21.0. The minimum Gasteiger partial charge on any atom is -0.497 e. The summed E-state index contributed by atoms with van der Waals surface area (Å²) < 4.78 is 10.8. The Bertz CT molecular complexity index is 880. The van der Waals surface area contributed by atoms with Gasteiger partial charge < -0.3 is 19.3 Å². The molecule has 1 spiro atoms. The second-order valence-electron chi connectivity index (χ2n) is 7.46. The summed E-state index contributed by atoms with van der Waals surface area (Å²) in [6.45, 7) is 2.05. The fourth-order valence-electron chi connectivity index (χ4n) is 4.09. The smallest absolute Gasteiger partial charge is 0.261 e. The standard InChI is InChI=1S/C23H26N2O4S/c1-28-19-9-7-18(8-10-19)22(27)24-13-11-23(12-14-24)25(15-16-30-23)21(26)17-29-20-5-3-2-4-6-20/h2-10H,11-17H2,1H3. The number of para-hydroxylation sites is 1. The molecule has 7 heteroatoms. The van der Waals surface area contributed by atoms with Gasteiger partial charge in [0, 0.05) is 31.0 Å². The molecule has 2 aliphatic heterocycles. The first-order valence-electron chi connectivity index (χ1n) is 10.2. The number of rotatable bonds is 5. The van der Waals surface area contributed by atoms with E-state index in [4.69, 9.17) is 9.47 Å². The summed E-state index contributed by atoms with van der Waals surface area (Å²) in [7, 11) is 1.61. The van der Waals surface area contributed by atoms with Gasteiger partial charge in [-0.05, 0) is 49.2 Å². The van der Waals surface area contributed by atoms with Crippen LogP contribution in [0.2, 0.25) is 0 Å². The molecule has 2 aliphatic rings. The molecule has 0 aromatic heterocycles. The van der Waals surface area contributed by atoms with E-state index in [0.29, 0.717) is 24.4 Å². The predicted molar refractivity (Wildman–Crippen MR) is 117 cm³/mol. The van der Waals surface area contributed by atoms with Gasteiger partial charge in [-0.2, -0.15) is 0 Å². The number of nitrogens with zero attached hydrogens (tertiary/aromatic N) is 2. The Kier molecular flexibility index (Phi) is 6.18. The second kappa shape index (κ2) is 9.00. The molecule has 0 radical (unpaired) electrons. The summed E-state index contributed by atoms with van der Waals surface area (Å²) in [5.41, 5.74) is 0.662. The average Bonchev–Trinajstić information content (AvgIpc) is 3.21. The molecule has 2 aromatic rings. The van der Waals surface area contributed by atoms with Gasteiger partial charge in [-0.25, -0.2) is 0 Å².